The number of fused-ring (bicyclic) bond motifs is 1. The lowest BCUT2D eigenvalue weighted by atomic mass is 10.0. The van der Waals surface area contributed by atoms with Gasteiger partial charge in [-0.2, -0.15) is 0 Å². The average Bonchev–Trinajstić information content (AvgIpc) is 2.59. The molecule has 0 aliphatic carbocycles. The van der Waals surface area contributed by atoms with E-state index in [2.05, 4.69) is 10.6 Å². The lowest BCUT2D eigenvalue weighted by molar-refractivity contribution is -0.114. The molecule has 0 bridgehead atoms. The van der Waals surface area contributed by atoms with Crippen molar-refractivity contribution in [3.05, 3.63) is 23.8 Å². The van der Waals surface area contributed by atoms with Crippen molar-refractivity contribution in [3.63, 3.8) is 0 Å². The maximum Gasteiger partial charge on any atom is 0.317 e. The number of ether oxygens (including phenoxy) is 1. The normalized spacial score (nSPS) is 19.2. The van der Waals surface area contributed by atoms with E-state index in [0.717, 1.165) is 0 Å². The van der Waals surface area contributed by atoms with Gasteiger partial charge in [0.15, 0.2) is 5.75 Å². The number of nitrogens with one attached hydrogen (secondary N) is 2. The molecular formula is C20H30N4O4. The fourth-order valence-electron chi connectivity index (χ4n) is 3.15. The number of rotatable bonds is 4. The number of urea groups is 1. The minimum atomic E-state index is -0.355. The lowest BCUT2D eigenvalue weighted by Gasteiger charge is -2.35. The first-order valence-corrected chi connectivity index (χ1v) is 9.44. The van der Waals surface area contributed by atoms with E-state index in [1.54, 1.807) is 42.1 Å². The number of hydrogen-bond acceptors (Lipinski definition) is 4. The zero-order chi connectivity index (χ0) is 21.0. The van der Waals surface area contributed by atoms with Gasteiger partial charge in [0.2, 0.25) is 5.91 Å². The molecule has 1 aliphatic rings. The van der Waals surface area contributed by atoms with E-state index in [4.69, 9.17) is 4.74 Å². The molecule has 0 saturated carbocycles. The van der Waals surface area contributed by atoms with Crippen LogP contribution < -0.4 is 15.4 Å². The predicted molar refractivity (Wildman–Crippen MR) is 108 cm³/mol. The van der Waals surface area contributed by atoms with E-state index < -0.39 is 0 Å². The van der Waals surface area contributed by atoms with Gasteiger partial charge < -0.3 is 25.2 Å². The monoisotopic (exact) mass is 390 g/mol. The van der Waals surface area contributed by atoms with Gasteiger partial charge in [0, 0.05) is 39.5 Å². The first-order chi connectivity index (χ1) is 13.1. The molecule has 1 aliphatic heterocycles. The van der Waals surface area contributed by atoms with Crippen LogP contribution in [0.15, 0.2) is 18.2 Å². The highest BCUT2D eigenvalue weighted by Gasteiger charge is 2.32. The Morgan fingerprint density at radius 2 is 2.04 bits per heavy atom. The summed E-state index contributed by atoms with van der Waals surface area (Å²) in [7, 11) is 3.45. The van der Waals surface area contributed by atoms with Crippen molar-refractivity contribution in [3.8, 4) is 5.75 Å². The van der Waals surface area contributed by atoms with Crippen LogP contribution in [0, 0.1) is 5.92 Å². The van der Waals surface area contributed by atoms with Crippen molar-refractivity contribution in [2.45, 2.75) is 39.8 Å². The summed E-state index contributed by atoms with van der Waals surface area (Å²) in [5.74, 6) is -0.109. The molecular weight excluding hydrogens is 360 g/mol. The smallest absolute Gasteiger partial charge is 0.317 e. The Bertz CT molecular complexity index is 750. The highest BCUT2D eigenvalue weighted by atomic mass is 16.5. The Kier molecular flexibility index (Phi) is 6.88. The van der Waals surface area contributed by atoms with Gasteiger partial charge in [-0.05, 0) is 26.0 Å². The van der Waals surface area contributed by atoms with Crippen LogP contribution >= 0.6 is 0 Å². The fraction of sp³-hybridized carbons (Fsp3) is 0.550. The van der Waals surface area contributed by atoms with Crippen LogP contribution in [0.1, 0.15) is 38.1 Å². The number of carbonyl (C=O) groups is 3. The molecule has 0 fully saturated rings. The molecule has 4 amide bonds. The summed E-state index contributed by atoms with van der Waals surface area (Å²) in [6.45, 7) is 8.02. The number of hydrogen-bond donors (Lipinski definition) is 2. The van der Waals surface area contributed by atoms with Gasteiger partial charge in [-0.1, -0.05) is 13.0 Å². The number of likely N-dealkylation sites (N-methyl/N-ethyl adjacent to an activating group) is 1. The Hall–Kier alpha value is -2.77. The summed E-state index contributed by atoms with van der Waals surface area (Å²) in [6, 6.07) is 4.93. The molecule has 8 heteroatoms. The third-order valence-electron chi connectivity index (χ3n) is 4.58. The minimum Gasteiger partial charge on any atom is -0.485 e. The number of benzene rings is 1. The molecule has 8 nitrogen and oxygen atoms in total. The first-order valence-electron chi connectivity index (χ1n) is 9.44. The molecule has 1 aromatic carbocycles. The van der Waals surface area contributed by atoms with E-state index in [-0.39, 0.29) is 35.9 Å². The minimum absolute atomic E-state index is 0.0261. The lowest BCUT2D eigenvalue weighted by Crippen LogP contribution is -2.49. The molecule has 0 radical (unpaired) electrons. The topological polar surface area (TPSA) is 91.0 Å². The molecule has 28 heavy (non-hydrogen) atoms. The molecule has 1 aromatic rings. The Morgan fingerprint density at radius 1 is 1.36 bits per heavy atom. The van der Waals surface area contributed by atoms with Crippen LogP contribution in [0.2, 0.25) is 0 Å². The van der Waals surface area contributed by atoms with Gasteiger partial charge in [-0.25, -0.2) is 4.79 Å². The van der Waals surface area contributed by atoms with Crippen molar-refractivity contribution in [1.29, 1.82) is 0 Å². The third kappa shape index (κ3) is 5.15. The highest BCUT2D eigenvalue weighted by Crippen LogP contribution is 2.34. The number of anilines is 1. The number of carbonyl (C=O) groups excluding carboxylic acids is 3. The van der Waals surface area contributed by atoms with Gasteiger partial charge in [0.1, 0.15) is 6.10 Å². The molecule has 0 spiro atoms. The average molecular weight is 390 g/mol. The second-order valence-corrected chi connectivity index (χ2v) is 7.67. The van der Waals surface area contributed by atoms with E-state index in [1.807, 2.05) is 20.8 Å². The van der Waals surface area contributed by atoms with Gasteiger partial charge in [0.25, 0.3) is 5.91 Å². The van der Waals surface area contributed by atoms with Gasteiger partial charge in [0.05, 0.1) is 17.8 Å². The van der Waals surface area contributed by atoms with Gasteiger partial charge in [-0.3, -0.25) is 9.59 Å². The van der Waals surface area contributed by atoms with Crippen LogP contribution in [0.5, 0.6) is 5.75 Å². The summed E-state index contributed by atoms with van der Waals surface area (Å²) in [4.78, 5) is 39.9. The molecule has 2 atom stereocenters. The Labute approximate surface area is 166 Å². The van der Waals surface area contributed by atoms with Crippen molar-refractivity contribution in [1.82, 2.24) is 15.1 Å². The molecule has 2 rings (SSSR count). The predicted octanol–water partition coefficient (Wildman–Crippen LogP) is 2.16. The maximum atomic E-state index is 12.8. The first kappa shape index (κ1) is 21.5. The molecule has 0 saturated heterocycles. The SMILES string of the molecule is CC(=O)Nc1cccc2c1O[C@@H](CN(C)C(=O)NC(C)C)[C@@H](C)CN(C)C2=O. The van der Waals surface area contributed by atoms with E-state index in [1.165, 1.54) is 6.92 Å². The summed E-state index contributed by atoms with van der Waals surface area (Å²) in [6.07, 6.45) is -0.355. The van der Waals surface area contributed by atoms with Crippen molar-refractivity contribution >= 4 is 23.5 Å². The molecule has 0 unspecified atom stereocenters. The van der Waals surface area contributed by atoms with Crippen LogP contribution in [-0.2, 0) is 4.79 Å². The highest BCUT2D eigenvalue weighted by molar-refractivity contribution is 6.01. The summed E-state index contributed by atoms with van der Waals surface area (Å²) in [5, 5.41) is 5.58. The third-order valence-corrected chi connectivity index (χ3v) is 4.58. The maximum absolute atomic E-state index is 12.8. The zero-order valence-electron chi connectivity index (χ0n) is 17.4. The standard InChI is InChI=1S/C20H30N4O4/c1-12(2)21-20(27)24(6)11-17-13(3)10-23(5)19(26)15-8-7-9-16(18(15)28-17)22-14(4)25/h7-9,12-13,17H,10-11H2,1-6H3,(H,21,27)(H,22,25)/t13-,17-/m0/s1. The van der Waals surface area contributed by atoms with Gasteiger partial charge in [-0.15, -0.1) is 0 Å². The Balaban J connectivity index is 2.36. The van der Waals surface area contributed by atoms with Crippen molar-refractivity contribution < 1.29 is 19.1 Å². The molecule has 0 aromatic heterocycles. The van der Waals surface area contributed by atoms with Crippen molar-refractivity contribution in [2.75, 3.05) is 32.5 Å². The summed E-state index contributed by atoms with van der Waals surface area (Å²) < 4.78 is 6.24. The van der Waals surface area contributed by atoms with Crippen LogP contribution in [-0.4, -0.2) is 67.0 Å². The largest absolute Gasteiger partial charge is 0.485 e. The number of amides is 4. The molecule has 2 N–H and O–H groups in total. The molecule has 1 heterocycles. The Morgan fingerprint density at radius 3 is 2.64 bits per heavy atom. The van der Waals surface area contributed by atoms with Gasteiger partial charge >= 0.3 is 6.03 Å². The van der Waals surface area contributed by atoms with E-state index in [0.29, 0.717) is 30.1 Å². The summed E-state index contributed by atoms with van der Waals surface area (Å²) in [5.41, 5.74) is 0.833. The molecule has 154 valence electrons. The quantitative estimate of drug-likeness (QED) is 0.824. The van der Waals surface area contributed by atoms with Crippen LogP contribution in [0.4, 0.5) is 10.5 Å². The second-order valence-electron chi connectivity index (χ2n) is 7.67. The van der Waals surface area contributed by atoms with Crippen LogP contribution in [0.25, 0.3) is 0 Å². The second kappa shape index (κ2) is 8.95. The zero-order valence-corrected chi connectivity index (χ0v) is 17.4. The fourth-order valence-corrected chi connectivity index (χ4v) is 3.15. The number of nitrogens with zero attached hydrogens (tertiary/aromatic N) is 2. The van der Waals surface area contributed by atoms with E-state index >= 15 is 0 Å². The van der Waals surface area contributed by atoms with Crippen LogP contribution in [0.3, 0.4) is 0 Å². The van der Waals surface area contributed by atoms with E-state index in [9.17, 15) is 14.4 Å². The number of para-hydroxylation sites is 1. The summed E-state index contributed by atoms with van der Waals surface area (Å²) >= 11 is 0. The van der Waals surface area contributed by atoms with Crippen molar-refractivity contribution in [2.24, 2.45) is 5.92 Å².